The van der Waals surface area contributed by atoms with Gasteiger partial charge in [0.25, 0.3) is 0 Å². The third-order valence-electron chi connectivity index (χ3n) is 4.76. The van der Waals surface area contributed by atoms with Crippen LogP contribution in [0.3, 0.4) is 0 Å². The lowest BCUT2D eigenvalue weighted by Crippen LogP contribution is -2.32. The highest BCUT2D eigenvalue weighted by atomic mass is 16.6. The van der Waals surface area contributed by atoms with Crippen LogP contribution in [-0.4, -0.2) is 56.7 Å². The number of nitrogens with one attached hydrogen (secondary N) is 1. The first-order valence-electron chi connectivity index (χ1n) is 9.56. The first kappa shape index (κ1) is 19.2. The number of hydrogen-bond donors (Lipinski definition) is 1. The number of carbonyl (C=O) groups is 3. The molecule has 2 fully saturated rings. The van der Waals surface area contributed by atoms with E-state index >= 15 is 0 Å². The Morgan fingerprint density at radius 1 is 1.31 bits per heavy atom. The molecule has 0 unspecified atom stereocenters. The van der Waals surface area contributed by atoms with Crippen LogP contribution in [0, 0.1) is 0 Å². The van der Waals surface area contributed by atoms with Crippen molar-refractivity contribution in [3.63, 3.8) is 0 Å². The molecule has 1 saturated carbocycles. The number of aromatic nitrogens is 3. The third kappa shape index (κ3) is 3.87. The van der Waals surface area contributed by atoms with E-state index in [1.165, 1.54) is 11.9 Å². The molecular formula is C19H24N6O4. The summed E-state index contributed by atoms with van der Waals surface area (Å²) in [6, 6.07) is 1.45. The van der Waals surface area contributed by atoms with Gasteiger partial charge in [0.2, 0.25) is 5.91 Å². The molecule has 1 aliphatic carbocycles. The van der Waals surface area contributed by atoms with E-state index in [4.69, 9.17) is 4.74 Å². The summed E-state index contributed by atoms with van der Waals surface area (Å²) in [5.41, 5.74) is 1.86. The summed E-state index contributed by atoms with van der Waals surface area (Å²) < 4.78 is 6.86. The molecule has 1 saturated heterocycles. The second-order valence-corrected chi connectivity index (χ2v) is 8.41. The van der Waals surface area contributed by atoms with Crippen LogP contribution >= 0.6 is 0 Å². The van der Waals surface area contributed by atoms with E-state index < -0.39 is 11.7 Å². The minimum absolute atomic E-state index is 0.0303. The van der Waals surface area contributed by atoms with E-state index in [0.717, 1.165) is 23.4 Å². The maximum atomic E-state index is 12.5. The molecule has 29 heavy (non-hydrogen) atoms. The number of urea groups is 1. The summed E-state index contributed by atoms with van der Waals surface area (Å²) in [5, 5.41) is 7.28. The molecule has 0 spiro atoms. The Morgan fingerprint density at radius 3 is 2.62 bits per heavy atom. The van der Waals surface area contributed by atoms with Gasteiger partial charge in [-0.15, -0.1) is 0 Å². The van der Waals surface area contributed by atoms with Crippen molar-refractivity contribution in [1.82, 2.24) is 24.8 Å². The van der Waals surface area contributed by atoms with Crippen molar-refractivity contribution in [3.8, 4) is 0 Å². The van der Waals surface area contributed by atoms with Crippen molar-refractivity contribution in [2.45, 2.75) is 51.7 Å². The summed E-state index contributed by atoms with van der Waals surface area (Å²) >= 11 is 0. The Bertz CT molecular complexity index is 1000. The number of ether oxygens (including phenoxy) is 1. The van der Waals surface area contributed by atoms with Crippen LogP contribution in [0.1, 0.15) is 50.9 Å². The zero-order valence-electron chi connectivity index (χ0n) is 16.9. The molecule has 10 heteroatoms. The maximum absolute atomic E-state index is 12.5. The molecule has 2 aromatic heterocycles. The van der Waals surface area contributed by atoms with Gasteiger partial charge in [-0.2, -0.15) is 5.10 Å². The number of amides is 4. The van der Waals surface area contributed by atoms with Crippen molar-refractivity contribution in [1.29, 1.82) is 0 Å². The number of carbonyl (C=O) groups excluding carboxylic acids is 3. The van der Waals surface area contributed by atoms with E-state index in [1.54, 1.807) is 31.5 Å². The van der Waals surface area contributed by atoms with Crippen molar-refractivity contribution >= 4 is 29.4 Å². The zero-order valence-corrected chi connectivity index (χ0v) is 16.9. The molecule has 0 radical (unpaired) electrons. The third-order valence-corrected chi connectivity index (χ3v) is 4.76. The van der Waals surface area contributed by atoms with Crippen LogP contribution in [0.4, 0.5) is 15.3 Å². The standard InChI is InChI=1S/C19H24N6O4/c1-19(2,3)29-17(27)20-8-12-9-25-16(21-12)14(7-13(22-25)11-5-6-11)24-10-15(26)23(4)18(24)28/h7,9,11H,5-6,8,10H2,1-4H3,(H,20,27). The van der Waals surface area contributed by atoms with Crippen LogP contribution in [0.2, 0.25) is 0 Å². The lowest BCUT2D eigenvalue weighted by atomic mass is 10.2. The molecule has 1 N–H and O–H groups in total. The SMILES string of the molecule is CN1C(=O)CN(c2cc(C3CC3)nn3cc(CNC(=O)OC(C)(C)C)nc23)C1=O. The van der Waals surface area contributed by atoms with Gasteiger partial charge >= 0.3 is 12.1 Å². The lowest BCUT2D eigenvalue weighted by Gasteiger charge is -2.19. The summed E-state index contributed by atoms with van der Waals surface area (Å²) in [4.78, 5) is 43.5. The predicted octanol–water partition coefficient (Wildman–Crippen LogP) is 2.03. The number of imidazole rings is 1. The van der Waals surface area contributed by atoms with E-state index in [-0.39, 0.29) is 25.0 Å². The molecule has 0 atom stereocenters. The number of alkyl carbamates (subject to hydrolysis) is 1. The van der Waals surface area contributed by atoms with Crippen LogP contribution < -0.4 is 10.2 Å². The molecule has 154 valence electrons. The van der Waals surface area contributed by atoms with Gasteiger partial charge in [0, 0.05) is 13.0 Å². The Kier molecular flexibility index (Phi) is 4.44. The monoisotopic (exact) mass is 400 g/mol. The highest BCUT2D eigenvalue weighted by molar-refractivity contribution is 6.13. The average Bonchev–Trinajstić information content (AvgIpc) is 3.35. The van der Waals surface area contributed by atoms with E-state index in [0.29, 0.717) is 22.9 Å². The first-order chi connectivity index (χ1) is 13.6. The van der Waals surface area contributed by atoms with Crippen molar-refractivity contribution in [2.75, 3.05) is 18.5 Å². The molecular weight excluding hydrogens is 376 g/mol. The number of imide groups is 1. The molecule has 4 rings (SSSR count). The fourth-order valence-electron chi connectivity index (χ4n) is 3.15. The fraction of sp³-hybridized carbons (Fsp3) is 0.526. The van der Waals surface area contributed by atoms with E-state index in [2.05, 4.69) is 15.4 Å². The topological polar surface area (TPSA) is 109 Å². The molecule has 2 aliphatic rings. The maximum Gasteiger partial charge on any atom is 0.407 e. The van der Waals surface area contributed by atoms with Crippen LogP contribution in [0.5, 0.6) is 0 Å². The molecule has 4 amide bonds. The minimum Gasteiger partial charge on any atom is -0.444 e. The fourth-order valence-corrected chi connectivity index (χ4v) is 3.15. The normalized spacial score (nSPS) is 17.4. The average molecular weight is 400 g/mol. The van der Waals surface area contributed by atoms with Crippen molar-refractivity contribution < 1.29 is 19.1 Å². The molecule has 0 aromatic carbocycles. The van der Waals surface area contributed by atoms with Crippen molar-refractivity contribution in [3.05, 3.63) is 23.7 Å². The number of hydrogen-bond acceptors (Lipinski definition) is 6. The largest absolute Gasteiger partial charge is 0.444 e. The van der Waals surface area contributed by atoms with E-state index in [9.17, 15) is 14.4 Å². The minimum atomic E-state index is -0.592. The highest BCUT2D eigenvalue weighted by Gasteiger charge is 2.37. The van der Waals surface area contributed by atoms with Gasteiger partial charge in [0.1, 0.15) is 12.1 Å². The highest BCUT2D eigenvalue weighted by Crippen LogP contribution is 2.40. The Morgan fingerprint density at radius 2 is 2.03 bits per heavy atom. The van der Waals surface area contributed by atoms with Crippen LogP contribution in [-0.2, 0) is 16.1 Å². The van der Waals surface area contributed by atoms with Gasteiger partial charge in [-0.25, -0.2) is 19.1 Å². The summed E-state index contributed by atoms with van der Waals surface area (Å²) in [5.74, 6) is 0.0892. The predicted molar refractivity (Wildman–Crippen MR) is 104 cm³/mol. The Balaban J connectivity index is 1.64. The summed E-state index contributed by atoms with van der Waals surface area (Å²) in [7, 11) is 1.46. The summed E-state index contributed by atoms with van der Waals surface area (Å²) in [6.07, 6.45) is 3.27. The van der Waals surface area contributed by atoms with Gasteiger partial charge in [-0.3, -0.25) is 14.6 Å². The quantitative estimate of drug-likeness (QED) is 0.787. The van der Waals surface area contributed by atoms with Gasteiger partial charge in [-0.05, 0) is 39.7 Å². The Hall–Kier alpha value is -3.17. The van der Waals surface area contributed by atoms with Crippen LogP contribution in [0.15, 0.2) is 12.3 Å². The lowest BCUT2D eigenvalue weighted by molar-refractivity contribution is -0.123. The molecule has 1 aliphatic heterocycles. The van der Waals surface area contributed by atoms with Crippen molar-refractivity contribution in [2.24, 2.45) is 0 Å². The van der Waals surface area contributed by atoms with Gasteiger partial charge in [-0.1, -0.05) is 0 Å². The van der Waals surface area contributed by atoms with Gasteiger partial charge in [0.15, 0.2) is 5.65 Å². The molecule has 10 nitrogen and oxygen atoms in total. The smallest absolute Gasteiger partial charge is 0.407 e. The zero-order chi connectivity index (χ0) is 20.9. The van der Waals surface area contributed by atoms with Gasteiger partial charge < -0.3 is 10.1 Å². The van der Waals surface area contributed by atoms with Gasteiger partial charge in [0.05, 0.1) is 29.8 Å². The number of likely N-dealkylation sites (N-methyl/N-ethyl adjacent to an activating group) is 1. The first-order valence-corrected chi connectivity index (χ1v) is 9.56. The molecule has 3 heterocycles. The van der Waals surface area contributed by atoms with E-state index in [1.807, 2.05) is 6.07 Å². The number of rotatable bonds is 4. The molecule has 2 aromatic rings. The second kappa shape index (κ2) is 6.71. The molecule has 0 bridgehead atoms. The number of anilines is 1. The second-order valence-electron chi connectivity index (χ2n) is 8.41. The number of fused-ring (bicyclic) bond motifs is 1. The Labute approximate surface area is 167 Å². The van der Waals surface area contributed by atoms with Crippen LogP contribution in [0.25, 0.3) is 5.65 Å². The summed E-state index contributed by atoms with van der Waals surface area (Å²) in [6.45, 7) is 5.50. The number of nitrogens with zero attached hydrogens (tertiary/aromatic N) is 5.